The second-order valence-corrected chi connectivity index (χ2v) is 9.81. The molecule has 3 aromatic rings. The molecule has 0 aliphatic heterocycles. The number of aromatic nitrogens is 3. The standard InChI is InChI=1S/C29H46N6O2/c1-2-37-22-25-34-27-28(23-16-11-12-17-24(23)33-29(27)31)35(25)21-15-14-20-32-26(36)18-10-8-6-4-3-5-7-9-13-19-30/h11-12,16-17H,2-10,13-15,18-22,30H2,1H3,(H2,31,33)(H,32,36). The van der Waals surface area contributed by atoms with Gasteiger partial charge in [-0.15, -0.1) is 0 Å². The third-order valence-corrected chi connectivity index (χ3v) is 6.86. The van der Waals surface area contributed by atoms with Crippen molar-refractivity contribution in [3.63, 3.8) is 0 Å². The first-order chi connectivity index (χ1) is 18.2. The molecule has 0 saturated heterocycles. The summed E-state index contributed by atoms with van der Waals surface area (Å²) in [6.07, 6.45) is 13.4. The van der Waals surface area contributed by atoms with Gasteiger partial charge in [-0.05, 0) is 45.2 Å². The van der Waals surface area contributed by atoms with Gasteiger partial charge in [-0.2, -0.15) is 0 Å². The fourth-order valence-corrected chi connectivity index (χ4v) is 4.83. The zero-order valence-corrected chi connectivity index (χ0v) is 22.6. The number of carbonyl (C=O) groups is 1. The number of carbonyl (C=O) groups excluding carboxylic acids is 1. The Kier molecular flexibility index (Phi) is 12.6. The third kappa shape index (κ3) is 8.97. The molecule has 0 unspecified atom stereocenters. The van der Waals surface area contributed by atoms with E-state index in [-0.39, 0.29) is 5.91 Å². The van der Waals surface area contributed by atoms with Crippen molar-refractivity contribution in [1.82, 2.24) is 19.9 Å². The van der Waals surface area contributed by atoms with Crippen LogP contribution in [0.15, 0.2) is 24.3 Å². The lowest BCUT2D eigenvalue weighted by Crippen LogP contribution is -2.24. The second-order valence-electron chi connectivity index (χ2n) is 9.81. The SMILES string of the molecule is CCOCc1nc2c(N)nc3ccccc3c2n1CCCCNC(=O)CCCCCCCCCCCN. The first-order valence-electron chi connectivity index (χ1n) is 14.2. The fraction of sp³-hybridized carbons (Fsp3) is 0.621. The molecule has 204 valence electrons. The van der Waals surface area contributed by atoms with Crippen LogP contribution in [-0.2, 0) is 22.7 Å². The molecule has 8 nitrogen and oxygen atoms in total. The van der Waals surface area contributed by atoms with Gasteiger partial charge in [-0.3, -0.25) is 4.79 Å². The van der Waals surface area contributed by atoms with Gasteiger partial charge in [0.1, 0.15) is 17.9 Å². The van der Waals surface area contributed by atoms with Crippen molar-refractivity contribution >= 4 is 33.7 Å². The number of nitrogens with one attached hydrogen (secondary N) is 1. The predicted octanol–water partition coefficient (Wildman–Crippen LogP) is 5.46. The molecule has 0 aliphatic rings. The minimum absolute atomic E-state index is 0.164. The van der Waals surface area contributed by atoms with Crippen molar-refractivity contribution in [2.75, 3.05) is 25.4 Å². The van der Waals surface area contributed by atoms with E-state index in [9.17, 15) is 4.79 Å². The number of para-hydroxylation sites is 1. The molecule has 2 aromatic heterocycles. The predicted molar refractivity (Wildman–Crippen MR) is 152 cm³/mol. The zero-order valence-electron chi connectivity index (χ0n) is 22.6. The maximum Gasteiger partial charge on any atom is 0.219 e. The van der Waals surface area contributed by atoms with E-state index in [0.29, 0.717) is 32.0 Å². The minimum atomic E-state index is 0.164. The average molecular weight is 511 g/mol. The molecular weight excluding hydrogens is 464 g/mol. The number of unbranched alkanes of at least 4 members (excludes halogenated alkanes) is 9. The van der Waals surface area contributed by atoms with Crippen LogP contribution < -0.4 is 16.8 Å². The summed E-state index contributed by atoms with van der Waals surface area (Å²) < 4.78 is 7.90. The number of hydrogen-bond donors (Lipinski definition) is 3. The molecule has 0 bridgehead atoms. The highest BCUT2D eigenvalue weighted by Crippen LogP contribution is 2.29. The summed E-state index contributed by atoms with van der Waals surface area (Å²) in [5, 5.41) is 4.13. The van der Waals surface area contributed by atoms with Gasteiger partial charge in [0.2, 0.25) is 5.91 Å². The largest absolute Gasteiger partial charge is 0.382 e. The van der Waals surface area contributed by atoms with Gasteiger partial charge in [0, 0.05) is 31.5 Å². The first kappa shape index (κ1) is 28.9. The van der Waals surface area contributed by atoms with Crippen LogP contribution in [0, 0.1) is 0 Å². The normalized spacial score (nSPS) is 11.5. The Morgan fingerprint density at radius 2 is 1.65 bits per heavy atom. The second kappa shape index (κ2) is 16.2. The number of imidazole rings is 1. The highest BCUT2D eigenvalue weighted by molar-refractivity contribution is 6.06. The van der Waals surface area contributed by atoms with Crippen LogP contribution in [-0.4, -0.2) is 40.1 Å². The van der Waals surface area contributed by atoms with Gasteiger partial charge in [-0.1, -0.05) is 63.1 Å². The molecule has 5 N–H and O–H groups in total. The van der Waals surface area contributed by atoms with E-state index in [1.807, 2.05) is 25.1 Å². The van der Waals surface area contributed by atoms with E-state index in [0.717, 1.165) is 73.0 Å². The fourth-order valence-electron chi connectivity index (χ4n) is 4.83. The Morgan fingerprint density at radius 3 is 2.38 bits per heavy atom. The van der Waals surface area contributed by atoms with Gasteiger partial charge in [0.15, 0.2) is 5.82 Å². The highest BCUT2D eigenvalue weighted by atomic mass is 16.5. The summed E-state index contributed by atoms with van der Waals surface area (Å²) in [5.41, 5.74) is 14.4. The number of anilines is 1. The lowest BCUT2D eigenvalue weighted by molar-refractivity contribution is -0.121. The number of hydrogen-bond acceptors (Lipinski definition) is 6. The minimum Gasteiger partial charge on any atom is -0.382 e. The van der Waals surface area contributed by atoms with E-state index in [2.05, 4.69) is 20.9 Å². The molecule has 3 rings (SSSR count). The summed E-state index contributed by atoms with van der Waals surface area (Å²) in [7, 11) is 0. The number of rotatable bonds is 19. The van der Waals surface area contributed by atoms with Crippen LogP contribution in [0.2, 0.25) is 0 Å². The molecule has 1 aromatic carbocycles. The maximum absolute atomic E-state index is 12.2. The van der Waals surface area contributed by atoms with Crippen LogP contribution in [0.1, 0.15) is 89.8 Å². The molecule has 0 atom stereocenters. The molecule has 0 spiro atoms. The Bertz CT molecular complexity index is 1100. The smallest absolute Gasteiger partial charge is 0.219 e. The molecule has 0 saturated carbocycles. The number of nitrogens with two attached hydrogens (primary N) is 2. The molecule has 0 fully saturated rings. The molecular formula is C29H46N6O2. The molecule has 2 heterocycles. The third-order valence-electron chi connectivity index (χ3n) is 6.86. The van der Waals surface area contributed by atoms with Crippen molar-refractivity contribution in [1.29, 1.82) is 0 Å². The van der Waals surface area contributed by atoms with Crippen LogP contribution in [0.4, 0.5) is 5.82 Å². The summed E-state index contributed by atoms with van der Waals surface area (Å²) in [6.45, 7) is 5.33. The quantitative estimate of drug-likeness (QED) is 0.184. The first-order valence-corrected chi connectivity index (χ1v) is 14.2. The van der Waals surface area contributed by atoms with Crippen molar-refractivity contribution in [3.8, 4) is 0 Å². The Morgan fingerprint density at radius 1 is 0.946 bits per heavy atom. The Balaban J connectivity index is 1.40. The lowest BCUT2D eigenvalue weighted by atomic mass is 10.1. The lowest BCUT2D eigenvalue weighted by Gasteiger charge is -2.11. The zero-order chi connectivity index (χ0) is 26.3. The van der Waals surface area contributed by atoms with Gasteiger partial charge in [0.05, 0.1) is 11.0 Å². The number of benzene rings is 1. The van der Waals surface area contributed by atoms with Crippen LogP contribution in [0.3, 0.4) is 0 Å². The molecule has 1 amide bonds. The van der Waals surface area contributed by atoms with Crippen molar-refractivity contribution in [2.24, 2.45) is 5.73 Å². The van der Waals surface area contributed by atoms with Gasteiger partial charge in [0.25, 0.3) is 0 Å². The number of ether oxygens (including phenoxy) is 1. The Labute approximate surface area is 221 Å². The van der Waals surface area contributed by atoms with E-state index < -0.39 is 0 Å². The number of aryl methyl sites for hydroxylation is 1. The molecule has 8 heteroatoms. The number of nitrogen functional groups attached to an aromatic ring is 1. The van der Waals surface area contributed by atoms with Gasteiger partial charge < -0.3 is 26.1 Å². The number of pyridine rings is 1. The summed E-state index contributed by atoms with van der Waals surface area (Å²) in [4.78, 5) is 21.5. The number of nitrogens with zero attached hydrogens (tertiary/aromatic N) is 3. The topological polar surface area (TPSA) is 121 Å². The van der Waals surface area contributed by atoms with Crippen molar-refractivity contribution in [2.45, 2.75) is 97.1 Å². The number of amides is 1. The number of fused-ring (bicyclic) bond motifs is 3. The summed E-state index contributed by atoms with van der Waals surface area (Å²) in [5.74, 6) is 1.47. The monoisotopic (exact) mass is 510 g/mol. The van der Waals surface area contributed by atoms with Crippen LogP contribution >= 0.6 is 0 Å². The van der Waals surface area contributed by atoms with Crippen LogP contribution in [0.25, 0.3) is 21.9 Å². The summed E-state index contributed by atoms with van der Waals surface area (Å²) in [6, 6.07) is 8.03. The van der Waals surface area contributed by atoms with Crippen molar-refractivity contribution in [3.05, 3.63) is 30.1 Å². The average Bonchev–Trinajstić information content (AvgIpc) is 3.27. The van der Waals surface area contributed by atoms with Gasteiger partial charge in [-0.25, -0.2) is 9.97 Å². The molecule has 0 radical (unpaired) electrons. The van der Waals surface area contributed by atoms with Crippen molar-refractivity contribution < 1.29 is 9.53 Å². The van der Waals surface area contributed by atoms with E-state index in [4.69, 9.17) is 21.2 Å². The maximum atomic E-state index is 12.2. The van der Waals surface area contributed by atoms with E-state index in [1.54, 1.807) is 0 Å². The molecule has 0 aliphatic carbocycles. The van der Waals surface area contributed by atoms with Crippen LogP contribution in [0.5, 0.6) is 0 Å². The van der Waals surface area contributed by atoms with E-state index >= 15 is 0 Å². The highest BCUT2D eigenvalue weighted by Gasteiger charge is 2.17. The van der Waals surface area contributed by atoms with E-state index in [1.165, 1.54) is 38.5 Å². The van der Waals surface area contributed by atoms with Gasteiger partial charge >= 0.3 is 0 Å². The summed E-state index contributed by atoms with van der Waals surface area (Å²) >= 11 is 0. The molecule has 37 heavy (non-hydrogen) atoms. The Hall–Kier alpha value is -2.71.